The van der Waals surface area contributed by atoms with Crippen LogP contribution in [-0.4, -0.2) is 29.2 Å². The molecule has 0 atom stereocenters. The molecule has 0 aliphatic rings. The molecule has 0 unspecified atom stereocenters. The monoisotopic (exact) mass is 295 g/mol. The molecular weight excluding hydrogens is 278 g/mol. The Morgan fingerprint density at radius 3 is 2.91 bits per heavy atom. The number of hydrogen-bond donors (Lipinski definition) is 1. The number of rotatable bonds is 5. The summed E-state index contributed by atoms with van der Waals surface area (Å²) in [5.74, 6) is 0.386. The van der Waals surface area contributed by atoms with E-state index in [2.05, 4.69) is 14.9 Å². The Kier molecular flexibility index (Phi) is 4.16. The highest BCUT2D eigenvalue weighted by Gasteiger charge is 2.12. The summed E-state index contributed by atoms with van der Waals surface area (Å²) >= 11 is 0. The fourth-order valence-corrected chi connectivity index (χ4v) is 2.43. The van der Waals surface area contributed by atoms with Gasteiger partial charge in [0.2, 0.25) is 0 Å². The summed E-state index contributed by atoms with van der Waals surface area (Å²) in [5, 5.41) is 3.74. The maximum atomic E-state index is 12.5. The summed E-state index contributed by atoms with van der Waals surface area (Å²) in [6.07, 6.45) is 3.62. The van der Waals surface area contributed by atoms with Gasteiger partial charge in [-0.3, -0.25) is 4.79 Å². The van der Waals surface area contributed by atoms with Gasteiger partial charge < -0.3 is 14.6 Å². The van der Waals surface area contributed by atoms with Crippen molar-refractivity contribution in [1.29, 1.82) is 0 Å². The number of ether oxygens (including phenoxy) is 1. The van der Waals surface area contributed by atoms with E-state index in [1.54, 1.807) is 19.4 Å². The first-order valence-electron chi connectivity index (χ1n) is 7.09. The number of amides is 1. The Bertz CT molecular complexity index is 781. The number of carbonyl (C=O) groups excluding carboxylic acids is 1. The highest BCUT2D eigenvalue weighted by Crippen LogP contribution is 2.21. The van der Waals surface area contributed by atoms with E-state index >= 15 is 0 Å². The van der Waals surface area contributed by atoms with E-state index in [0.29, 0.717) is 18.0 Å². The SMILES string of the molecule is COCCn1ccc2c(C(=O)Nc3ccccn3)cccc21. The Morgan fingerprint density at radius 1 is 1.23 bits per heavy atom. The quantitative estimate of drug-likeness (QED) is 0.787. The molecule has 1 N–H and O–H groups in total. The maximum absolute atomic E-state index is 12.5. The summed E-state index contributed by atoms with van der Waals surface area (Å²) < 4.78 is 7.19. The van der Waals surface area contributed by atoms with Crippen LogP contribution in [0.3, 0.4) is 0 Å². The highest BCUT2D eigenvalue weighted by atomic mass is 16.5. The lowest BCUT2D eigenvalue weighted by Crippen LogP contribution is -2.13. The Hall–Kier alpha value is -2.66. The van der Waals surface area contributed by atoms with Crippen molar-refractivity contribution in [2.75, 3.05) is 19.0 Å². The molecule has 5 nitrogen and oxygen atoms in total. The van der Waals surface area contributed by atoms with Crippen LogP contribution in [0.1, 0.15) is 10.4 Å². The Labute approximate surface area is 128 Å². The molecule has 22 heavy (non-hydrogen) atoms. The third kappa shape index (κ3) is 2.84. The predicted molar refractivity (Wildman–Crippen MR) is 86.0 cm³/mol. The summed E-state index contributed by atoms with van der Waals surface area (Å²) in [4.78, 5) is 16.6. The Balaban J connectivity index is 1.90. The van der Waals surface area contributed by atoms with Gasteiger partial charge in [0, 0.05) is 42.5 Å². The number of hydrogen-bond acceptors (Lipinski definition) is 3. The lowest BCUT2D eigenvalue weighted by atomic mass is 10.1. The molecule has 0 saturated carbocycles. The molecule has 0 radical (unpaired) electrons. The van der Waals surface area contributed by atoms with Crippen molar-refractivity contribution in [2.45, 2.75) is 6.54 Å². The van der Waals surface area contributed by atoms with Gasteiger partial charge in [-0.15, -0.1) is 0 Å². The van der Waals surface area contributed by atoms with Crippen molar-refractivity contribution in [3.8, 4) is 0 Å². The molecule has 2 aromatic heterocycles. The summed E-state index contributed by atoms with van der Waals surface area (Å²) in [6.45, 7) is 1.39. The lowest BCUT2D eigenvalue weighted by molar-refractivity contribution is 0.102. The van der Waals surface area contributed by atoms with Gasteiger partial charge in [0.25, 0.3) is 5.91 Å². The highest BCUT2D eigenvalue weighted by molar-refractivity contribution is 6.12. The average molecular weight is 295 g/mol. The van der Waals surface area contributed by atoms with E-state index < -0.39 is 0 Å². The number of nitrogens with zero attached hydrogens (tertiary/aromatic N) is 2. The molecule has 112 valence electrons. The number of pyridine rings is 1. The molecule has 0 bridgehead atoms. The van der Waals surface area contributed by atoms with Crippen molar-refractivity contribution in [3.63, 3.8) is 0 Å². The molecule has 0 spiro atoms. The van der Waals surface area contributed by atoms with Crippen LogP contribution in [0.25, 0.3) is 10.9 Å². The third-order valence-electron chi connectivity index (χ3n) is 3.50. The fraction of sp³-hybridized carbons (Fsp3) is 0.176. The van der Waals surface area contributed by atoms with Crippen LogP contribution in [0.5, 0.6) is 0 Å². The molecule has 0 saturated heterocycles. The van der Waals surface area contributed by atoms with Crippen LogP contribution in [0, 0.1) is 0 Å². The van der Waals surface area contributed by atoms with E-state index in [1.165, 1.54) is 0 Å². The molecule has 0 fully saturated rings. The van der Waals surface area contributed by atoms with Gasteiger partial charge in [-0.25, -0.2) is 4.98 Å². The van der Waals surface area contributed by atoms with E-state index in [9.17, 15) is 4.79 Å². The molecule has 0 aliphatic heterocycles. The van der Waals surface area contributed by atoms with Crippen molar-refractivity contribution in [1.82, 2.24) is 9.55 Å². The molecule has 5 heteroatoms. The zero-order valence-corrected chi connectivity index (χ0v) is 12.3. The molecular formula is C17H17N3O2. The van der Waals surface area contributed by atoms with Crippen molar-refractivity contribution >= 4 is 22.6 Å². The van der Waals surface area contributed by atoms with E-state index in [-0.39, 0.29) is 5.91 Å². The number of benzene rings is 1. The first kappa shape index (κ1) is 14.3. The molecule has 2 heterocycles. The summed E-state index contributed by atoms with van der Waals surface area (Å²) in [6, 6.07) is 13.1. The molecule has 1 aromatic carbocycles. The van der Waals surface area contributed by atoms with Gasteiger partial charge in [0.15, 0.2) is 0 Å². The van der Waals surface area contributed by atoms with Crippen LogP contribution >= 0.6 is 0 Å². The number of anilines is 1. The summed E-state index contributed by atoms with van der Waals surface area (Å²) in [5.41, 5.74) is 1.66. The number of methoxy groups -OCH3 is 1. The second-order valence-corrected chi connectivity index (χ2v) is 4.91. The maximum Gasteiger partial charge on any atom is 0.257 e. The Morgan fingerprint density at radius 2 is 2.14 bits per heavy atom. The minimum Gasteiger partial charge on any atom is -0.383 e. The topological polar surface area (TPSA) is 56.1 Å². The number of aromatic nitrogens is 2. The smallest absolute Gasteiger partial charge is 0.257 e. The molecule has 3 rings (SSSR count). The third-order valence-corrected chi connectivity index (χ3v) is 3.50. The second kappa shape index (κ2) is 6.41. The normalized spacial score (nSPS) is 10.8. The molecule has 3 aromatic rings. The first-order chi connectivity index (χ1) is 10.8. The van der Waals surface area contributed by atoms with Gasteiger partial charge in [-0.05, 0) is 30.3 Å². The number of carbonyl (C=O) groups is 1. The van der Waals surface area contributed by atoms with Gasteiger partial charge in [-0.1, -0.05) is 12.1 Å². The van der Waals surface area contributed by atoms with E-state index in [4.69, 9.17) is 4.74 Å². The summed E-state index contributed by atoms with van der Waals surface area (Å²) in [7, 11) is 1.68. The predicted octanol–water partition coefficient (Wildman–Crippen LogP) is 2.94. The van der Waals surface area contributed by atoms with Crippen LogP contribution < -0.4 is 5.32 Å². The minimum atomic E-state index is -0.159. The van der Waals surface area contributed by atoms with E-state index in [1.807, 2.05) is 42.6 Å². The van der Waals surface area contributed by atoms with Crippen LogP contribution in [0.4, 0.5) is 5.82 Å². The fourth-order valence-electron chi connectivity index (χ4n) is 2.43. The minimum absolute atomic E-state index is 0.159. The zero-order valence-electron chi connectivity index (χ0n) is 12.3. The van der Waals surface area contributed by atoms with Gasteiger partial charge in [0.1, 0.15) is 5.82 Å². The van der Waals surface area contributed by atoms with E-state index in [0.717, 1.165) is 17.4 Å². The zero-order chi connectivity index (χ0) is 15.4. The van der Waals surface area contributed by atoms with Crippen molar-refractivity contribution in [3.05, 3.63) is 60.4 Å². The number of nitrogens with one attached hydrogen (secondary N) is 1. The first-order valence-corrected chi connectivity index (χ1v) is 7.09. The second-order valence-electron chi connectivity index (χ2n) is 4.91. The average Bonchev–Trinajstić information content (AvgIpc) is 2.97. The van der Waals surface area contributed by atoms with Crippen molar-refractivity contribution in [2.24, 2.45) is 0 Å². The van der Waals surface area contributed by atoms with Gasteiger partial charge in [-0.2, -0.15) is 0 Å². The van der Waals surface area contributed by atoms with Crippen LogP contribution in [0.2, 0.25) is 0 Å². The largest absolute Gasteiger partial charge is 0.383 e. The van der Waals surface area contributed by atoms with Crippen LogP contribution in [0.15, 0.2) is 54.9 Å². The van der Waals surface area contributed by atoms with Crippen LogP contribution in [-0.2, 0) is 11.3 Å². The van der Waals surface area contributed by atoms with Gasteiger partial charge >= 0.3 is 0 Å². The van der Waals surface area contributed by atoms with Crippen molar-refractivity contribution < 1.29 is 9.53 Å². The molecule has 1 amide bonds. The molecule has 0 aliphatic carbocycles. The lowest BCUT2D eigenvalue weighted by Gasteiger charge is -2.07. The number of fused-ring (bicyclic) bond motifs is 1. The standard InChI is InChI=1S/C17H17N3O2/c1-22-12-11-20-10-8-13-14(5-4-6-15(13)20)17(21)19-16-7-2-3-9-18-16/h2-10H,11-12H2,1H3,(H,18,19,21). The van der Waals surface area contributed by atoms with Gasteiger partial charge in [0.05, 0.1) is 6.61 Å².